The Morgan fingerprint density at radius 2 is 1.75 bits per heavy atom. The summed E-state index contributed by atoms with van der Waals surface area (Å²) in [5.41, 5.74) is 0. The predicted molar refractivity (Wildman–Crippen MR) is 29.2 cm³/mol. The van der Waals surface area contributed by atoms with Crippen molar-refractivity contribution in [2.24, 2.45) is 0 Å². The number of alkyl halides is 1. The minimum absolute atomic E-state index is 0.0868. The van der Waals surface area contributed by atoms with Crippen LogP contribution in [0.15, 0.2) is 0 Å². The van der Waals surface area contributed by atoms with Crippen LogP contribution in [0.1, 0.15) is 0 Å². The Labute approximate surface area is 54.5 Å². The molecule has 50 valence electrons. The molecular formula is C3H7BrO4. The first kappa shape index (κ1) is 8.32. The number of hydrogen-bond donors (Lipinski definition) is 4. The molecule has 0 aromatic heterocycles. The van der Waals surface area contributed by atoms with Gasteiger partial charge >= 0.3 is 5.97 Å². The molecule has 0 spiro atoms. The number of aliphatic hydroxyl groups excluding tert-OH is 1. The smallest absolute Gasteiger partial charge is 0.303 e. The maximum absolute atomic E-state index is 8.40. The number of rotatable bonds is 2. The summed E-state index contributed by atoms with van der Waals surface area (Å²) < 4.78 is 0. The average molecular weight is 187 g/mol. The largest absolute Gasteiger partial charge is 0.384 e. The third-order valence-electron chi connectivity index (χ3n) is 0.593. The lowest BCUT2D eigenvalue weighted by molar-refractivity contribution is -0.349. The Kier molecular flexibility index (Phi) is 2.86. The van der Waals surface area contributed by atoms with Gasteiger partial charge in [0, 0.05) is 5.33 Å². The second-order valence-corrected chi connectivity index (χ2v) is 2.00. The third kappa shape index (κ3) is 2.58. The van der Waals surface area contributed by atoms with E-state index >= 15 is 0 Å². The molecular weight excluding hydrogens is 180 g/mol. The summed E-state index contributed by atoms with van der Waals surface area (Å²) >= 11 is 2.72. The van der Waals surface area contributed by atoms with E-state index in [-0.39, 0.29) is 5.33 Å². The monoisotopic (exact) mass is 186 g/mol. The van der Waals surface area contributed by atoms with Crippen LogP contribution in [-0.2, 0) is 0 Å². The van der Waals surface area contributed by atoms with Crippen LogP contribution in [0.4, 0.5) is 0 Å². The molecule has 1 unspecified atom stereocenters. The Bertz CT molecular complexity index is 68.2. The maximum Gasteiger partial charge on any atom is 0.303 e. The van der Waals surface area contributed by atoms with Crippen molar-refractivity contribution in [2.45, 2.75) is 12.1 Å². The lowest BCUT2D eigenvalue weighted by Crippen LogP contribution is -2.42. The minimum Gasteiger partial charge on any atom is -0.384 e. The first-order valence-electron chi connectivity index (χ1n) is 1.89. The Hall–Kier alpha value is 0.320. The van der Waals surface area contributed by atoms with Crippen molar-refractivity contribution < 1.29 is 20.4 Å². The van der Waals surface area contributed by atoms with Crippen molar-refractivity contribution in [2.75, 3.05) is 5.33 Å². The second-order valence-electron chi connectivity index (χ2n) is 1.36. The fraction of sp³-hybridized carbons (Fsp3) is 1.00. The van der Waals surface area contributed by atoms with Gasteiger partial charge in [0.15, 0.2) is 0 Å². The van der Waals surface area contributed by atoms with E-state index in [0.717, 1.165) is 0 Å². The van der Waals surface area contributed by atoms with E-state index in [9.17, 15) is 0 Å². The standard InChI is InChI=1S/C3H7BrO4/c4-1-2(5)3(6,7)8/h2,5-8H,1H2. The van der Waals surface area contributed by atoms with Gasteiger partial charge < -0.3 is 20.4 Å². The molecule has 0 fully saturated rings. The van der Waals surface area contributed by atoms with E-state index in [1.807, 2.05) is 0 Å². The Balaban J connectivity index is 3.62. The fourth-order valence-corrected chi connectivity index (χ4v) is 0.538. The van der Waals surface area contributed by atoms with Crippen LogP contribution < -0.4 is 0 Å². The molecule has 1 atom stereocenters. The molecule has 0 aliphatic carbocycles. The zero-order valence-electron chi connectivity index (χ0n) is 3.95. The van der Waals surface area contributed by atoms with Gasteiger partial charge in [-0.3, -0.25) is 0 Å². The molecule has 0 bridgehead atoms. The van der Waals surface area contributed by atoms with Crippen molar-refractivity contribution in [3.63, 3.8) is 0 Å². The summed E-state index contributed by atoms with van der Waals surface area (Å²) in [7, 11) is 0. The molecule has 5 heteroatoms. The van der Waals surface area contributed by atoms with Gasteiger partial charge in [-0.25, -0.2) is 0 Å². The van der Waals surface area contributed by atoms with E-state index in [2.05, 4.69) is 15.9 Å². The second kappa shape index (κ2) is 2.75. The zero-order valence-corrected chi connectivity index (χ0v) is 5.54. The van der Waals surface area contributed by atoms with Gasteiger partial charge in [0.1, 0.15) is 6.10 Å². The van der Waals surface area contributed by atoms with E-state index in [1.54, 1.807) is 0 Å². The van der Waals surface area contributed by atoms with Crippen molar-refractivity contribution in [3.8, 4) is 0 Å². The van der Waals surface area contributed by atoms with Crippen LogP contribution in [0.5, 0.6) is 0 Å². The van der Waals surface area contributed by atoms with Crippen LogP contribution in [0, 0.1) is 0 Å². The highest BCUT2D eigenvalue weighted by molar-refractivity contribution is 9.09. The van der Waals surface area contributed by atoms with Crippen molar-refractivity contribution in [3.05, 3.63) is 0 Å². The van der Waals surface area contributed by atoms with Gasteiger partial charge in [-0.1, -0.05) is 15.9 Å². The fourth-order valence-electron chi connectivity index (χ4n) is 0.104. The van der Waals surface area contributed by atoms with Crippen molar-refractivity contribution in [1.82, 2.24) is 0 Å². The Morgan fingerprint density at radius 1 is 1.38 bits per heavy atom. The van der Waals surface area contributed by atoms with Crippen LogP contribution in [0.2, 0.25) is 0 Å². The number of hydrogen-bond acceptors (Lipinski definition) is 4. The van der Waals surface area contributed by atoms with Gasteiger partial charge in [0.05, 0.1) is 0 Å². The predicted octanol–water partition coefficient (Wildman–Crippen LogP) is -1.63. The molecule has 0 aliphatic rings. The highest BCUT2D eigenvalue weighted by Crippen LogP contribution is 2.03. The van der Waals surface area contributed by atoms with Gasteiger partial charge in [-0.2, -0.15) is 0 Å². The van der Waals surface area contributed by atoms with Gasteiger partial charge in [0.25, 0.3) is 0 Å². The molecule has 0 radical (unpaired) electrons. The molecule has 0 aliphatic heterocycles. The summed E-state index contributed by atoms with van der Waals surface area (Å²) in [5.74, 6) is -2.98. The van der Waals surface area contributed by atoms with E-state index < -0.39 is 12.1 Å². The minimum atomic E-state index is -2.98. The molecule has 0 aromatic rings. The highest BCUT2D eigenvalue weighted by Gasteiger charge is 2.28. The number of aliphatic hydroxyl groups is 4. The lowest BCUT2D eigenvalue weighted by atomic mass is 10.3. The van der Waals surface area contributed by atoms with E-state index in [4.69, 9.17) is 20.4 Å². The summed E-state index contributed by atoms with van der Waals surface area (Å²) in [6, 6.07) is 0. The summed E-state index contributed by atoms with van der Waals surface area (Å²) in [5, 5.41) is 32.7. The molecule has 0 saturated heterocycles. The normalized spacial score (nSPS) is 16.1. The molecule has 8 heavy (non-hydrogen) atoms. The van der Waals surface area contributed by atoms with Crippen LogP contribution in [0.3, 0.4) is 0 Å². The van der Waals surface area contributed by atoms with Crippen LogP contribution >= 0.6 is 15.9 Å². The molecule has 4 N–H and O–H groups in total. The Morgan fingerprint density at radius 3 is 1.75 bits per heavy atom. The molecule has 0 rings (SSSR count). The number of halogens is 1. The maximum atomic E-state index is 8.40. The first-order chi connectivity index (χ1) is 3.48. The van der Waals surface area contributed by atoms with Gasteiger partial charge in [-0.15, -0.1) is 0 Å². The first-order valence-corrected chi connectivity index (χ1v) is 3.01. The van der Waals surface area contributed by atoms with Crippen LogP contribution in [-0.4, -0.2) is 37.8 Å². The van der Waals surface area contributed by atoms with Crippen molar-refractivity contribution in [1.29, 1.82) is 0 Å². The quantitative estimate of drug-likeness (QED) is 0.309. The van der Waals surface area contributed by atoms with Gasteiger partial charge in [-0.05, 0) is 0 Å². The molecule has 0 saturated carbocycles. The summed E-state index contributed by atoms with van der Waals surface area (Å²) in [6.45, 7) is 0. The topological polar surface area (TPSA) is 80.9 Å². The summed E-state index contributed by atoms with van der Waals surface area (Å²) in [4.78, 5) is 0. The van der Waals surface area contributed by atoms with Crippen LogP contribution in [0.25, 0.3) is 0 Å². The molecule has 0 heterocycles. The van der Waals surface area contributed by atoms with Gasteiger partial charge in [0.2, 0.25) is 0 Å². The summed E-state index contributed by atoms with van der Waals surface area (Å²) in [6.07, 6.45) is -1.57. The SMILES string of the molecule is OC(CBr)C(O)(O)O. The van der Waals surface area contributed by atoms with E-state index in [1.165, 1.54) is 0 Å². The lowest BCUT2D eigenvalue weighted by Gasteiger charge is -2.17. The third-order valence-corrected chi connectivity index (χ3v) is 1.21. The van der Waals surface area contributed by atoms with Crippen molar-refractivity contribution >= 4 is 15.9 Å². The average Bonchev–Trinajstić information content (AvgIpc) is 1.62. The highest BCUT2D eigenvalue weighted by atomic mass is 79.9. The zero-order chi connectivity index (χ0) is 6.78. The molecule has 0 amide bonds. The van der Waals surface area contributed by atoms with E-state index in [0.29, 0.717) is 0 Å². The molecule has 0 aromatic carbocycles. The molecule has 4 nitrogen and oxygen atoms in total.